The van der Waals surface area contributed by atoms with Gasteiger partial charge >= 0.3 is 0 Å². The number of aromatic nitrogens is 2. The van der Waals surface area contributed by atoms with E-state index in [-0.39, 0.29) is 11.5 Å². The Morgan fingerprint density at radius 1 is 1.21 bits per heavy atom. The van der Waals surface area contributed by atoms with Gasteiger partial charge in [0.05, 0.1) is 0 Å². The first kappa shape index (κ1) is 13.3. The largest absolute Gasteiger partial charge is 0.488 e. The molecule has 0 fully saturated rings. The Balaban J connectivity index is 2.19. The number of imidazole rings is 1. The van der Waals surface area contributed by atoms with Gasteiger partial charge in [-0.15, -0.1) is 0 Å². The maximum atomic E-state index is 12.2. The van der Waals surface area contributed by atoms with E-state index in [9.17, 15) is 4.79 Å². The van der Waals surface area contributed by atoms with Crippen molar-refractivity contribution in [1.29, 1.82) is 0 Å². The smallest absolute Gasteiger partial charge is 0.263 e. The first-order chi connectivity index (χ1) is 8.87. The van der Waals surface area contributed by atoms with Crippen LogP contribution in [0.25, 0.3) is 0 Å². The Kier molecular flexibility index (Phi) is 3.42. The Bertz CT molecular complexity index is 577. The fraction of sp³-hybridized carbons (Fsp3) is 0.333. The first-order valence-electron chi connectivity index (χ1n) is 6.20. The molecule has 0 unspecified atom stereocenters. The lowest BCUT2D eigenvalue weighted by atomic mass is 10.1. The summed E-state index contributed by atoms with van der Waals surface area (Å²) in [7, 11) is 0. The van der Waals surface area contributed by atoms with Gasteiger partial charge in [0.25, 0.3) is 5.91 Å². The highest BCUT2D eigenvalue weighted by atomic mass is 16.5. The number of hydrogen-bond donors (Lipinski definition) is 0. The first-order valence-corrected chi connectivity index (χ1v) is 6.20. The molecule has 0 aliphatic carbocycles. The van der Waals surface area contributed by atoms with Crippen molar-refractivity contribution in [3.8, 4) is 5.75 Å². The fourth-order valence-corrected chi connectivity index (χ4v) is 1.75. The van der Waals surface area contributed by atoms with Gasteiger partial charge < -0.3 is 4.74 Å². The zero-order valence-electron chi connectivity index (χ0n) is 11.7. The Labute approximate surface area is 113 Å². The van der Waals surface area contributed by atoms with Crippen molar-refractivity contribution < 1.29 is 9.53 Å². The third kappa shape index (κ3) is 3.22. The van der Waals surface area contributed by atoms with Crippen LogP contribution in [-0.4, -0.2) is 21.1 Å². The second-order valence-electron chi connectivity index (χ2n) is 5.39. The molecule has 0 saturated heterocycles. The van der Waals surface area contributed by atoms with Crippen molar-refractivity contribution in [3.05, 3.63) is 48.0 Å². The van der Waals surface area contributed by atoms with E-state index in [1.807, 2.05) is 32.9 Å². The predicted molar refractivity (Wildman–Crippen MR) is 73.5 cm³/mol. The SMILES string of the molecule is Cc1nccn1C(=O)c1ccc(OC(C)(C)C)cc1. The molecule has 0 saturated carbocycles. The molecule has 0 aliphatic rings. The lowest BCUT2D eigenvalue weighted by molar-refractivity contribution is 0.0957. The molecule has 0 bridgehead atoms. The maximum absolute atomic E-state index is 12.2. The van der Waals surface area contributed by atoms with Gasteiger partial charge in [-0.05, 0) is 52.0 Å². The van der Waals surface area contributed by atoms with Crippen LogP contribution < -0.4 is 4.74 Å². The highest BCUT2D eigenvalue weighted by Crippen LogP contribution is 2.19. The Morgan fingerprint density at radius 2 is 1.84 bits per heavy atom. The van der Waals surface area contributed by atoms with Crippen LogP contribution >= 0.6 is 0 Å². The van der Waals surface area contributed by atoms with E-state index in [1.54, 1.807) is 31.5 Å². The second kappa shape index (κ2) is 4.88. The maximum Gasteiger partial charge on any atom is 0.263 e. The van der Waals surface area contributed by atoms with Crippen LogP contribution in [0, 0.1) is 6.92 Å². The summed E-state index contributed by atoms with van der Waals surface area (Å²) in [6, 6.07) is 7.15. The predicted octanol–water partition coefficient (Wildman–Crippen LogP) is 3.06. The average Bonchev–Trinajstić information content (AvgIpc) is 2.73. The number of carbonyl (C=O) groups excluding carboxylic acids is 1. The molecule has 19 heavy (non-hydrogen) atoms. The van der Waals surface area contributed by atoms with Crippen LogP contribution in [0.4, 0.5) is 0 Å². The molecule has 0 N–H and O–H groups in total. The van der Waals surface area contributed by atoms with Gasteiger partial charge in [0.2, 0.25) is 0 Å². The van der Waals surface area contributed by atoms with Crippen LogP contribution in [-0.2, 0) is 0 Å². The number of benzene rings is 1. The summed E-state index contributed by atoms with van der Waals surface area (Å²) in [5.41, 5.74) is 0.370. The number of carbonyl (C=O) groups is 1. The van der Waals surface area contributed by atoms with Crippen molar-refractivity contribution >= 4 is 5.91 Å². The number of ether oxygens (including phenoxy) is 1. The van der Waals surface area contributed by atoms with Crippen LogP contribution in [0.15, 0.2) is 36.7 Å². The van der Waals surface area contributed by atoms with E-state index >= 15 is 0 Å². The minimum atomic E-state index is -0.244. The summed E-state index contributed by atoms with van der Waals surface area (Å²) in [6.45, 7) is 7.76. The normalized spacial score (nSPS) is 11.4. The Hall–Kier alpha value is -2.10. The van der Waals surface area contributed by atoms with Crippen molar-refractivity contribution in [3.63, 3.8) is 0 Å². The van der Waals surface area contributed by atoms with Crippen LogP contribution in [0.1, 0.15) is 37.0 Å². The van der Waals surface area contributed by atoms with Gasteiger partial charge in [-0.2, -0.15) is 0 Å². The van der Waals surface area contributed by atoms with Crippen molar-refractivity contribution in [2.75, 3.05) is 0 Å². The standard InChI is InChI=1S/C15H18N2O2/c1-11-16-9-10-17(11)14(18)12-5-7-13(8-6-12)19-15(2,3)4/h5-10H,1-4H3. The molecular weight excluding hydrogens is 240 g/mol. The number of aryl methyl sites for hydroxylation is 1. The molecule has 0 spiro atoms. The number of nitrogens with zero attached hydrogens (tertiary/aromatic N) is 2. The van der Waals surface area contributed by atoms with E-state index in [1.165, 1.54) is 4.57 Å². The molecule has 0 radical (unpaired) electrons. The molecule has 1 heterocycles. The molecule has 1 aromatic heterocycles. The molecule has 2 aromatic rings. The highest BCUT2D eigenvalue weighted by Gasteiger charge is 2.13. The monoisotopic (exact) mass is 258 g/mol. The van der Waals surface area contributed by atoms with Crippen molar-refractivity contribution in [2.45, 2.75) is 33.3 Å². The van der Waals surface area contributed by atoms with Gasteiger partial charge in [0.15, 0.2) is 0 Å². The lowest BCUT2D eigenvalue weighted by Crippen LogP contribution is -2.23. The summed E-state index contributed by atoms with van der Waals surface area (Å²) in [5.74, 6) is 1.35. The summed E-state index contributed by atoms with van der Waals surface area (Å²) >= 11 is 0. The molecule has 1 aromatic carbocycles. The molecule has 0 amide bonds. The summed E-state index contributed by atoms with van der Waals surface area (Å²) < 4.78 is 7.25. The van der Waals surface area contributed by atoms with Crippen LogP contribution in [0.3, 0.4) is 0 Å². The summed E-state index contributed by atoms with van der Waals surface area (Å²) in [6.07, 6.45) is 3.28. The van der Waals surface area contributed by atoms with E-state index in [0.29, 0.717) is 11.4 Å². The number of rotatable bonds is 2. The third-order valence-electron chi connectivity index (χ3n) is 2.57. The zero-order valence-corrected chi connectivity index (χ0v) is 11.7. The highest BCUT2D eigenvalue weighted by molar-refractivity contribution is 5.96. The minimum absolute atomic E-state index is 0.0858. The molecule has 0 atom stereocenters. The number of hydrogen-bond acceptors (Lipinski definition) is 3. The quantitative estimate of drug-likeness (QED) is 0.831. The van der Waals surface area contributed by atoms with Crippen LogP contribution in [0.2, 0.25) is 0 Å². The van der Waals surface area contributed by atoms with E-state index in [2.05, 4.69) is 4.98 Å². The van der Waals surface area contributed by atoms with E-state index < -0.39 is 0 Å². The van der Waals surface area contributed by atoms with Gasteiger partial charge in [-0.25, -0.2) is 4.98 Å². The summed E-state index contributed by atoms with van der Waals surface area (Å²) in [5, 5.41) is 0. The van der Waals surface area contributed by atoms with Crippen molar-refractivity contribution in [1.82, 2.24) is 9.55 Å². The molecule has 2 rings (SSSR count). The Morgan fingerprint density at radius 3 is 2.32 bits per heavy atom. The minimum Gasteiger partial charge on any atom is -0.488 e. The topological polar surface area (TPSA) is 44.1 Å². The van der Waals surface area contributed by atoms with Crippen molar-refractivity contribution in [2.24, 2.45) is 0 Å². The lowest BCUT2D eigenvalue weighted by Gasteiger charge is -2.21. The molecule has 100 valence electrons. The van der Waals surface area contributed by atoms with Crippen LogP contribution in [0.5, 0.6) is 5.75 Å². The zero-order chi connectivity index (χ0) is 14.0. The van der Waals surface area contributed by atoms with Gasteiger partial charge in [-0.1, -0.05) is 0 Å². The van der Waals surface area contributed by atoms with E-state index in [0.717, 1.165) is 5.75 Å². The van der Waals surface area contributed by atoms with Gasteiger partial charge in [0, 0.05) is 18.0 Å². The fourth-order valence-electron chi connectivity index (χ4n) is 1.75. The molecule has 4 nitrogen and oxygen atoms in total. The molecular formula is C15H18N2O2. The van der Waals surface area contributed by atoms with Gasteiger partial charge in [0.1, 0.15) is 17.2 Å². The third-order valence-corrected chi connectivity index (χ3v) is 2.57. The molecule has 0 aliphatic heterocycles. The average molecular weight is 258 g/mol. The van der Waals surface area contributed by atoms with Gasteiger partial charge in [-0.3, -0.25) is 9.36 Å². The summed E-state index contributed by atoms with van der Waals surface area (Å²) in [4.78, 5) is 16.3. The molecule has 4 heteroatoms. The second-order valence-corrected chi connectivity index (χ2v) is 5.39. The van der Waals surface area contributed by atoms with E-state index in [4.69, 9.17) is 4.74 Å².